The van der Waals surface area contributed by atoms with Crippen LogP contribution in [-0.4, -0.2) is 0 Å². The van der Waals surface area contributed by atoms with Crippen LogP contribution in [0.2, 0.25) is 0 Å². The smallest absolute Gasteiger partial charge is 0.134 e. The van der Waals surface area contributed by atoms with Crippen LogP contribution < -0.4 is 19.3 Å². The topological polar surface area (TPSA) is 24.9 Å². The molecule has 0 saturated carbocycles. The van der Waals surface area contributed by atoms with Gasteiger partial charge in [-0.2, -0.15) is 0 Å². The zero-order valence-corrected chi connectivity index (χ0v) is 35.5. The Morgan fingerprint density at radius 2 is 0.662 bits per heavy atom. The lowest BCUT2D eigenvalue weighted by Crippen LogP contribution is -2.38. The monoisotopic (exact) mass is 834 g/mol. The second-order valence-electron chi connectivity index (χ2n) is 16.5. The van der Waals surface area contributed by atoms with Crippen LogP contribution in [0.3, 0.4) is 0 Å². The summed E-state index contributed by atoms with van der Waals surface area (Å²) in [5.74, 6) is 3.18. The third kappa shape index (κ3) is 6.46. The molecule has 0 aliphatic carbocycles. The number of para-hydroxylation sites is 4. The lowest BCUT2D eigenvalue weighted by atomic mass is 9.61. The second-order valence-corrected chi connectivity index (χ2v) is 16.5. The minimum atomic E-state index is -0.897. The largest absolute Gasteiger partial charge is 0.457 e. The highest BCUT2D eigenvalue weighted by atomic mass is 16.5. The van der Waals surface area contributed by atoms with Gasteiger partial charge in [-0.1, -0.05) is 164 Å². The summed E-state index contributed by atoms with van der Waals surface area (Å²) in [6.07, 6.45) is 0. The standard InChI is InChI=1S/C61H42N2O2/c1-5-20-43(21-6-1)45-24-17-30-49(40-45)62(50-31-18-25-46(41-50)44-22-7-2-8-23-44)51-38-39-58-54(42-51)61(52-32-13-15-35-56(52)64-58)53-33-14-16-36-57(53)65-59-37-19-34-55(60(59)61)63(47-26-9-3-10-27-47)48-28-11-4-12-29-48/h1-42H. The molecule has 1 spiro atoms. The van der Waals surface area contributed by atoms with Crippen LogP contribution in [0.4, 0.5) is 34.1 Å². The van der Waals surface area contributed by atoms with Gasteiger partial charge in [0.15, 0.2) is 0 Å². The van der Waals surface area contributed by atoms with E-state index in [4.69, 9.17) is 9.47 Å². The van der Waals surface area contributed by atoms with Crippen molar-refractivity contribution in [1.29, 1.82) is 0 Å². The zero-order chi connectivity index (χ0) is 43.2. The fourth-order valence-corrected chi connectivity index (χ4v) is 9.95. The van der Waals surface area contributed by atoms with E-state index in [1.165, 1.54) is 0 Å². The van der Waals surface area contributed by atoms with E-state index in [0.29, 0.717) is 0 Å². The maximum atomic E-state index is 7.05. The first-order valence-corrected chi connectivity index (χ1v) is 22.1. The molecule has 2 aliphatic heterocycles. The summed E-state index contributed by atoms with van der Waals surface area (Å²) in [6, 6.07) is 90.3. The maximum Gasteiger partial charge on any atom is 0.134 e. The summed E-state index contributed by atoms with van der Waals surface area (Å²) < 4.78 is 14.1. The first kappa shape index (κ1) is 38.1. The Labute approximate surface area is 379 Å². The number of nitrogens with zero attached hydrogens (tertiary/aromatic N) is 2. The molecule has 308 valence electrons. The highest BCUT2D eigenvalue weighted by Crippen LogP contribution is 2.64. The van der Waals surface area contributed by atoms with Gasteiger partial charge in [0.1, 0.15) is 23.0 Å². The van der Waals surface area contributed by atoms with E-state index in [9.17, 15) is 0 Å². The summed E-state index contributed by atoms with van der Waals surface area (Å²) in [5.41, 5.74) is 14.0. The molecule has 2 heterocycles. The number of hydrogen-bond acceptors (Lipinski definition) is 4. The van der Waals surface area contributed by atoms with Crippen molar-refractivity contribution in [2.45, 2.75) is 5.41 Å². The Morgan fingerprint density at radius 3 is 1.22 bits per heavy atom. The molecule has 0 aromatic heterocycles. The predicted octanol–water partition coefficient (Wildman–Crippen LogP) is 16.6. The van der Waals surface area contributed by atoms with Crippen LogP contribution in [0, 0.1) is 0 Å². The Balaban J connectivity index is 1.16. The number of benzene rings is 10. The molecule has 65 heavy (non-hydrogen) atoms. The minimum absolute atomic E-state index is 0.784. The molecule has 4 nitrogen and oxygen atoms in total. The fourth-order valence-electron chi connectivity index (χ4n) is 9.95. The molecular weight excluding hydrogens is 793 g/mol. The van der Waals surface area contributed by atoms with E-state index < -0.39 is 5.41 Å². The van der Waals surface area contributed by atoms with Crippen LogP contribution in [0.15, 0.2) is 255 Å². The Hall–Kier alpha value is -8.60. The predicted molar refractivity (Wildman–Crippen MR) is 265 cm³/mol. The Bertz CT molecular complexity index is 3170. The molecule has 0 radical (unpaired) electrons. The fraction of sp³-hybridized carbons (Fsp3) is 0.0164. The van der Waals surface area contributed by atoms with E-state index in [1.807, 2.05) is 0 Å². The van der Waals surface area contributed by atoms with Crippen LogP contribution in [-0.2, 0) is 5.41 Å². The Morgan fingerprint density at radius 1 is 0.262 bits per heavy atom. The summed E-state index contributed by atoms with van der Waals surface area (Å²) >= 11 is 0. The van der Waals surface area contributed by atoms with E-state index in [-0.39, 0.29) is 0 Å². The van der Waals surface area contributed by atoms with Crippen molar-refractivity contribution in [2.24, 2.45) is 0 Å². The highest BCUT2D eigenvalue weighted by Gasteiger charge is 2.52. The van der Waals surface area contributed by atoms with Gasteiger partial charge in [0.25, 0.3) is 0 Å². The van der Waals surface area contributed by atoms with Gasteiger partial charge in [0.05, 0.1) is 11.1 Å². The molecule has 10 aromatic rings. The summed E-state index contributed by atoms with van der Waals surface area (Å²) in [4.78, 5) is 4.74. The average molecular weight is 835 g/mol. The summed E-state index contributed by atoms with van der Waals surface area (Å²) in [5, 5.41) is 0. The molecule has 12 rings (SSSR count). The molecular formula is C61H42N2O2. The molecule has 4 heteroatoms. The first-order chi connectivity index (χ1) is 32.2. The van der Waals surface area contributed by atoms with Crippen LogP contribution in [0.25, 0.3) is 22.3 Å². The van der Waals surface area contributed by atoms with Crippen LogP contribution >= 0.6 is 0 Å². The molecule has 0 fully saturated rings. The zero-order valence-electron chi connectivity index (χ0n) is 35.5. The molecule has 0 saturated heterocycles. The van der Waals surface area contributed by atoms with Gasteiger partial charge in [-0.3, -0.25) is 0 Å². The van der Waals surface area contributed by atoms with E-state index in [0.717, 1.165) is 102 Å². The van der Waals surface area contributed by atoms with Crippen molar-refractivity contribution in [3.05, 3.63) is 277 Å². The normalized spacial score (nSPS) is 14.2. The van der Waals surface area contributed by atoms with Gasteiger partial charge in [-0.15, -0.1) is 0 Å². The quantitative estimate of drug-likeness (QED) is 0.152. The number of ether oxygens (including phenoxy) is 2. The third-order valence-electron chi connectivity index (χ3n) is 12.7. The van der Waals surface area contributed by atoms with Crippen LogP contribution in [0.5, 0.6) is 23.0 Å². The van der Waals surface area contributed by atoms with E-state index >= 15 is 0 Å². The van der Waals surface area contributed by atoms with Gasteiger partial charge in [0.2, 0.25) is 0 Å². The van der Waals surface area contributed by atoms with Crippen molar-refractivity contribution in [2.75, 3.05) is 9.80 Å². The molecule has 1 unspecified atom stereocenters. The third-order valence-corrected chi connectivity index (χ3v) is 12.7. The van der Waals surface area contributed by atoms with Crippen molar-refractivity contribution in [3.63, 3.8) is 0 Å². The molecule has 10 aromatic carbocycles. The van der Waals surface area contributed by atoms with Gasteiger partial charge in [0, 0.05) is 50.7 Å². The Kier molecular flexibility index (Phi) is 9.35. The number of hydrogen-bond donors (Lipinski definition) is 0. The number of anilines is 6. The summed E-state index contributed by atoms with van der Waals surface area (Å²) in [7, 11) is 0. The minimum Gasteiger partial charge on any atom is -0.457 e. The van der Waals surface area contributed by atoms with Crippen molar-refractivity contribution < 1.29 is 9.47 Å². The maximum absolute atomic E-state index is 7.05. The SMILES string of the molecule is c1ccc(-c2cccc(N(c3cccc(-c4ccccc4)c3)c3ccc4c(c3)C3(c5ccccc5O4)c4ccccc4Oc4cccc(N(c5ccccc5)c5ccccc5)c43)c2)cc1. The van der Waals surface area contributed by atoms with Crippen molar-refractivity contribution >= 4 is 34.1 Å². The summed E-state index contributed by atoms with van der Waals surface area (Å²) in [6.45, 7) is 0. The van der Waals surface area contributed by atoms with Crippen molar-refractivity contribution in [3.8, 4) is 45.3 Å². The molecule has 2 aliphatic rings. The average Bonchev–Trinajstić information content (AvgIpc) is 3.38. The van der Waals surface area contributed by atoms with E-state index in [1.54, 1.807) is 0 Å². The van der Waals surface area contributed by atoms with Gasteiger partial charge in [-0.05, 0) is 113 Å². The highest BCUT2D eigenvalue weighted by molar-refractivity contribution is 5.89. The van der Waals surface area contributed by atoms with Gasteiger partial charge >= 0.3 is 0 Å². The first-order valence-electron chi connectivity index (χ1n) is 22.1. The van der Waals surface area contributed by atoms with Crippen molar-refractivity contribution in [1.82, 2.24) is 0 Å². The number of fused-ring (bicyclic) bond motifs is 8. The lowest BCUT2D eigenvalue weighted by molar-refractivity contribution is 0.400. The van der Waals surface area contributed by atoms with Crippen LogP contribution in [0.1, 0.15) is 22.3 Å². The lowest BCUT2D eigenvalue weighted by Gasteiger charge is -2.47. The molecule has 0 amide bonds. The molecule has 1 atom stereocenters. The molecule has 0 bridgehead atoms. The van der Waals surface area contributed by atoms with Gasteiger partial charge < -0.3 is 19.3 Å². The number of rotatable bonds is 8. The second kappa shape index (κ2) is 15.9. The van der Waals surface area contributed by atoms with E-state index in [2.05, 4.69) is 265 Å². The molecule has 0 N–H and O–H groups in total. The van der Waals surface area contributed by atoms with Gasteiger partial charge in [-0.25, -0.2) is 0 Å².